The van der Waals surface area contributed by atoms with E-state index < -0.39 is 10.0 Å². The van der Waals surface area contributed by atoms with E-state index in [-0.39, 0.29) is 30.3 Å². The maximum Gasteiger partial charge on any atom is 0.240 e. The summed E-state index contributed by atoms with van der Waals surface area (Å²) in [5.74, 6) is -0.153. The number of amides is 1. The lowest BCUT2D eigenvalue weighted by atomic mass is 10.1. The minimum atomic E-state index is -3.66. The Labute approximate surface area is 147 Å². The average Bonchev–Trinajstić information content (AvgIpc) is 2.55. The molecule has 0 aromatic heterocycles. The van der Waals surface area contributed by atoms with Crippen LogP contribution in [-0.2, 0) is 21.2 Å². The molecule has 0 unspecified atom stereocenters. The Morgan fingerprint density at radius 1 is 1.08 bits per heavy atom. The zero-order valence-electron chi connectivity index (χ0n) is 13.3. The van der Waals surface area contributed by atoms with Crippen molar-refractivity contribution in [2.24, 2.45) is 0 Å². The first-order chi connectivity index (χ1) is 11.4. The summed E-state index contributed by atoms with van der Waals surface area (Å²) >= 11 is 5.85. The summed E-state index contributed by atoms with van der Waals surface area (Å²) in [6, 6.07) is 14.0. The van der Waals surface area contributed by atoms with E-state index in [1.807, 2.05) is 30.3 Å². The highest BCUT2D eigenvalue weighted by molar-refractivity contribution is 7.89. The topological polar surface area (TPSA) is 75.3 Å². The molecule has 0 bridgehead atoms. The summed E-state index contributed by atoms with van der Waals surface area (Å²) in [6.07, 6.45) is 0.265. The fraction of sp³-hybridized carbons (Fsp3) is 0.235. The van der Waals surface area contributed by atoms with Crippen LogP contribution in [-0.4, -0.2) is 27.4 Å². The van der Waals surface area contributed by atoms with E-state index in [2.05, 4.69) is 10.0 Å². The number of hydrogen-bond acceptors (Lipinski definition) is 3. The normalized spacial score (nSPS) is 11.2. The molecule has 5 nitrogen and oxygen atoms in total. The predicted molar refractivity (Wildman–Crippen MR) is 94.5 cm³/mol. The lowest BCUT2D eigenvalue weighted by Crippen LogP contribution is -2.35. The van der Waals surface area contributed by atoms with Gasteiger partial charge in [-0.3, -0.25) is 4.79 Å². The van der Waals surface area contributed by atoms with Crippen molar-refractivity contribution in [1.29, 1.82) is 0 Å². The molecule has 0 radical (unpaired) electrons. The van der Waals surface area contributed by atoms with Gasteiger partial charge in [-0.15, -0.1) is 0 Å². The van der Waals surface area contributed by atoms with Crippen molar-refractivity contribution in [2.75, 3.05) is 13.1 Å². The molecule has 0 saturated heterocycles. The molecule has 2 rings (SSSR count). The molecular formula is C17H19ClN2O3S. The Balaban J connectivity index is 1.83. The molecular weight excluding hydrogens is 348 g/mol. The largest absolute Gasteiger partial charge is 0.355 e. The molecule has 7 heteroatoms. The van der Waals surface area contributed by atoms with Crippen LogP contribution >= 0.6 is 11.6 Å². The van der Waals surface area contributed by atoms with E-state index in [1.54, 1.807) is 19.1 Å². The first kappa shape index (κ1) is 18.4. The molecule has 0 aliphatic rings. The molecule has 128 valence electrons. The molecule has 0 atom stereocenters. The zero-order chi connectivity index (χ0) is 17.6. The third kappa shape index (κ3) is 5.33. The van der Waals surface area contributed by atoms with Gasteiger partial charge in [-0.25, -0.2) is 13.1 Å². The summed E-state index contributed by atoms with van der Waals surface area (Å²) < 4.78 is 27.0. The quantitative estimate of drug-likeness (QED) is 0.738. The first-order valence-electron chi connectivity index (χ1n) is 7.45. The van der Waals surface area contributed by atoms with Crippen molar-refractivity contribution in [3.63, 3.8) is 0 Å². The number of hydrogen-bond donors (Lipinski definition) is 2. The van der Waals surface area contributed by atoms with Crippen LogP contribution in [0.1, 0.15) is 11.1 Å². The summed E-state index contributed by atoms with van der Waals surface area (Å²) in [5.41, 5.74) is 1.52. The maximum atomic E-state index is 12.3. The number of halogens is 1. The number of aryl methyl sites for hydroxylation is 1. The third-order valence-corrected chi connectivity index (χ3v) is 5.22. The van der Waals surface area contributed by atoms with Crippen molar-refractivity contribution in [1.82, 2.24) is 10.0 Å². The van der Waals surface area contributed by atoms with Crippen molar-refractivity contribution < 1.29 is 13.2 Å². The fourth-order valence-electron chi connectivity index (χ4n) is 2.17. The van der Waals surface area contributed by atoms with Crippen LogP contribution in [0.25, 0.3) is 0 Å². The Hall–Kier alpha value is -1.89. The number of rotatable bonds is 7. The third-order valence-electron chi connectivity index (χ3n) is 3.39. The molecule has 0 saturated carbocycles. The average molecular weight is 367 g/mol. The second-order valence-electron chi connectivity index (χ2n) is 5.32. The van der Waals surface area contributed by atoms with Gasteiger partial charge >= 0.3 is 0 Å². The van der Waals surface area contributed by atoms with Gasteiger partial charge in [0.25, 0.3) is 0 Å². The van der Waals surface area contributed by atoms with Crippen LogP contribution in [0.2, 0.25) is 5.02 Å². The van der Waals surface area contributed by atoms with Gasteiger partial charge in [0.15, 0.2) is 0 Å². The number of benzene rings is 2. The van der Waals surface area contributed by atoms with E-state index >= 15 is 0 Å². The van der Waals surface area contributed by atoms with Gasteiger partial charge in [0.1, 0.15) is 0 Å². The molecule has 0 aliphatic heterocycles. The monoisotopic (exact) mass is 366 g/mol. The minimum absolute atomic E-state index is 0.106. The second-order valence-corrected chi connectivity index (χ2v) is 7.49. The lowest BCUT2D eigenvalue weighted by Gasteiger charge is -2.10. The summed E-state index contributed by atoms with van der Waals surface area (Å²) in [7, 11) is -3.66. The van der Waals surface area contributed by atoms with Crippen LogP contribution < -0.4 is 10.0 Å². The van der Waals surface area contributed by atoms with Crippen LogP contribution in [0.3, 0.4) is 0 Å². The molecule has 0 heterocycles. The van der Waals surface area contributed by atoms with Gasteiger partial charge in [-0.05, 0) is 30.2 Å². The molecule has 0 fully saturated rings. The smallest absolute Gasteiger partial charge is 0.240 e. The van der Waals surface area contributed by atoms with Gasteiger partial charge < -0.3 is 5.32 Å². The van der Waals surface area contributed by atoms with Crippen LogP contribution in [0.4, 0.5) is 0 Å². The molecule has 2 aromatic carbocycles. The minimum Gasteiger partial charge on any atom is -0.355 e. The first-order valence-corrected chi connectivity index (χ1v) is 9.31. The van der Waals surface area contributed by atoms with Crippen molar-refractivity contribution >= 4 is 27.5 Å². The number of sulfonamides is 1. The standard InChI is InChI=1S/C17H19ClN2O3S/c1-13-7-8-15(18)12-16(13)24(22,23)20-10-9-19-17(21)11-14-5-3-2-4-6-14/h2-8,12,20H,9-11H2,1H3,(H,19,21). The summed E-state index contributed by atoms with van der Waals surface area (Å²) in [5, 5.41) is 3.05. The predicted octanol–water partition coefficient (Wildman–Crippen LogP) is 2.29. The van der Waals surface area contributed by atoms with Crippen LogP contribution in [0.15, 0.2) is 53.4 Å². The van der Waals surface area contributed by atoms with Crippen molar-refractivity contribution in [2.45, 2.75) is 18.2 Å². The highest BCUT2D eigenvalue weighted by atomic mass is 35.5. The molecule has 24 heavy (non-hydrogen) atoms. The SMILES string of the molecule is Cc1ccc(Cl)cc1S(=O)(=O)NCCNC(=O)Cc1ccccc1. The Kier molecular flexibility index (Phi) is 6.36. The van der Waals surface area contributed by atoms with E-state index in [0.717, 1.165) is 5.56 Å². The molecule has 0 spiro atoms. The highest BCUT2D eigenvalue weighted by Crippen LogP contribution is 2.19. The van der Waals surface area contributed by atoms with E-state index in [4.69, 9.17) is 11.6 Å². The number of carbonyl (C=O) groups is 1. The maximum absolute atomic E-state index is 12.3. The lowest BCUT2D eigenvalue weighted by molar-refractivity contribution is -0.120. The highest BCUT2D eigenvalue weighted by Gasteiger charge is 2.16. The molecule has 2 N–H and O–H groups in total. The van der Waals surface area contributed by atoms with Gasteiger partial charge in [-0.1, -0.05) is 48.0 Å². The van der Waals surface area contributed by atoms with E-state index in [9.17, 15) is 13.2 Å². The Morgan fingerprint density at radius 2 is 1.79 bits per heavy atom. The molecule has 1 amide bonds. The Bertz CT molecular complexity index is 808. The Morgan fingerprint density at radius 3 is 2.50 bits per heavy atom. The number of carbonyl (C=O) groups excluding carboxylic acids is 1. The van der Waals surface area contributed by atoms with E-state index in [1.165, 1.54) is 6.07 Å². The zero-order valence-corrected chi connectivity index (χ0v) is 14.8. The van der Waals surface area contributed by atoms with Gasteiger partial charge in [0, 0.05) is 18.1 Å². The van der Waals surface area contributed by atoms with Gasteiger partial charge in [-0.2, -0.15) is 0 Å². The second kappa shape index (κ2) is 8.28. The number of nitrogens with one attached hydrogen (secondary N) is 2. The summed E-state index contributed by atoms with van der Waals surface area (Å²) in [6.45, 7) is 2.02. The molecule has 0 aliphatic carbocycles. The van der Waals surface area contributed by atoms with Crippen molar-refractivity contribution in [3.05, 3.63) is 64.7 Å². The fourth-order valence-corrected chi connectivity index (χ4v) is 3.71. The summed E-state index contributed by atoms with van der Waals surface area (Å²) in [4.78, 5) is 11.9. The van der Waals surface area contributed by atoms with Gasteiger partial charge in [0.05, 0.1) is 11.3 Å². The van der Waals surface area contributed by atoms with Crippen molar-refractivity contribution in [3.8, 4) is 0 Å². The van der Waals surface area contributed by atoms with Crippen LogP contribution in [0, 0.1) is 6.92 Å². The molecule has 2 aromatic rings. The van der Waals surface area contributed by atoms with E-state index in [0.29, 0.717) is 10.6 Å². The van der Waals surface area contributed by atoms with Gasteiger partial charge in [0.2, 0.25) is 15.9 Å². The van der Waals surface area contributed by atoms with Crippen LogP contribution in [0.5, 0.6) is 0 Å².